The molecule has 3 rings (SSSR count). The molecule has 1 aromatic heterocycles. The van der Waals surface area contributed by atoms with Gasteiger partial charge in [-0.1, -0.05) is 6.92 Å². The molecule has 0 aromatic carbocycles. The minimum atomic E-state index is 0.398. The summed E-state index contributed by atoms with van der Waals surface area (Å²) in [5.41, 5.74) is 0. The van der Waals surface area contributed by atoms with E-state index in [4.69, 9.17) is 0 Å². The van der Waals surface area contributed by atoms with E-state index < -0.39 is 0 Å². The summed E-state index contributed by atoms with van der Waals surface area (Å²) in [5, 5.41) is 4.29. The van der Waals surface area contributed by atoms with Crippen LogP contribution < -0.4 is 0 Å². The number of amides is 1. The summed E-state index contributed by atoms with van der Waals surface area (Å²) in [6.07, 6.45) is 11.6. The van der Waals surface area contributed by atoms with Crippen molar-refractivity contribution in [2.45, 2.75) is 64.5 Å². The van der Waals surface area contributed by atoms with E-state index in [9.17, 15) is 4.79 Å². The van der Waals surface area contributed by atoms with E-state index in [0.717, 1.165) is 58.4 Å². The van der Waals surface area contributed by atoms with Crippen molar-refractivity contribution in [1.29, 1.82) is 0 Å². The van der Waals surface area contributed by atoms with Crippen molar-refractivity contribution in [3.63, 3.8) is 0 Å². The average molecular weight is 332 g/mol. The zero-order valence-electron chi connectivity index (χ0n) is 15.1. The Kier molecular flexibility index (Phi) is 6.30. The molecule has 1 aromatic rings. The molecule has 134 valence electrons. The van der Waals surface area contributed by atoms with Gasteiger partial charge >= 0.3 is 0 Å². The predicted molar refractivity (Wildman–Crippen MR) is 95.7 cm³/mol. The minimum absolute atomic E-state index is 0.398. The van der Waals surface area contributed by atoms with Crippen LogP contribution in [0.2, 0.25) is 0 Å². The fourth-order valence-electron chi connectivity index (χ4n) is 4.21. The first kappa shape index (κ1) is 17.5. The lowest BCUT2D eigenvalue weighted by molar-refractivity contribution is -0.136. The summed E-state index contributed by atoms with van der Waals surface area (Å²) in [6.45, 7) is 7.56. The van der Waals surface area contributed by atoms with Crippen LogP contribution in [0.5, 0.6) is 0 Å². The molecule has 1 atom stereocenters. The number of aromatic nitrogens is 2. The SMILES string of the molecule is CCN1CCC(CC(=O)N2CCCC[C@H]2CCn2cccn2)CC1. The van der Waals surface area contributed by atoms with Crippen LogP contribution in [0.4, 0.5) is 0 Å². The molecular formula is C19H32N4O. The van der Waals surface area contributed by atoms with Gasteiger partial charge < -0.3 is 9.80 Å². The van der Waals surface area contributed by atoms with E-state index in [1.54, 1.807) is 0 Å². The zero-order valence-corrected chi connectivity index (χ0v) is 15.1. The summed E-state index contributed by atoms with van der Waals surface area (Å²) in [5.74, 6) is 0.990. The van der Waals surface area contributed by atoms with Crippen LogP contribution in [0.25, 0.3) is 0 Å². The van der Waals surface area contributed by atoms with Gasteiger partial charge in [-0.15, -0.1) is 0 Å². The predicted octanol–water partition coefficient (Wildman–Crippen LogP) is 2.78. The largest absolute Gasteiger partial charge is 0.340 e. The molecule has 1 amide bonds. The third-order valence-corrected chi connectivity index (χ3v) is 5.82. The first-order valence-electron chi connectivity index (χ1n) is 9.75. The van der Waals surface area contributed by atoms with Crippen LogP contribution in [-0.4, -0.2) is 57.7 Å². The van der Waals surface area contributed by atoms with Gasteiger partial charge in [-0.25, -0.2) is 0 Å². The van der Waals surface area contributed by atoms with Gasteiger partial charge in [0.1, 0.15) is 0 Å². The zero-order chi connectivity index (χ0) is 16.8. The number of likely N-dealkylation sites (tertiary alicyclic amines) is 2. The molecular weight excluding hydrogens is 300 g/mol. The van der Waals surface area contributed by atoms with Gasteiger partial charge in [0.05, 0.1) is 0 Å². The number of carbonyl (C=O) groups excluding carboxylic acids is 1. The lowest BCUT2D eigenvalue weighted by Gasteiger charge is -2.38. The number of piperidine rings is 2. The highest BCUT2D eigenvalue weighted by atomic mass is 16.2. The molecule has 2 fully saturated rings. The van der Waals surface area contributed by atoms with Crippen molar-refractivity contribution < 1.29 is 4.79 Å². The van der Waals surface area contributed by atoms with Crippen LogP contribution in [0.1, 0.15) is 51.9 Å². The molecule has 0 radical (unpaired) electrons. The standard InChI is InChI=1S/C19H32N4O/c1-2-21-13-7-17(8-14-21)16-19(24)23-12-4-3-6-18(23)9-15-22-11-5-10-20-22/h5,10-11,17-18H,2-4,6-9,12-16H2,1H3/t18-/m0/s1. The highest BCUT2D eigenvalue weighted by Crippen LogP contribution is 2.25. The summed E-state index contributed by atoms with van der Waals surface area (Å²) in [7, 11) is 0. The van der Waals surface area contributed by atoms with Gasteiger partial charge in [-0.05, 0) is 70.1 Å². The third kappa shape index (κ3) is 4.59. The van der Waals surface area contributed by atoms with Crippen molar-refractivity contribution >= 4 is 5.91 Å². The van der Waals surface area contributed by atoms with Gasteiger partial charge in [0.15, 0.2) is 0 Å². The molecule has 3 heterocycles. The lowest BCUT2D eigenvalue weighted by Crippen LogP contribution is -2.45. The van der Waals surface area contributed by atoms with Crippen LogP contribution in [-0.2, 0) is 11.3 Å². The normalized spacial score (nSPS) is 23.5. The highest BCUT2D eigenvalue weighted by Gasteiger charge is 2.29. The van der Waals surface area contributed by atoms with Crippen molar-refractivity contribution in [3.8, 4) is 0 Å². The third-order valence-electron chi connectivity index (χ3n) is 5.82. The Morgan fingerprint density at radius 2 is 2.00 bits per heavy atom. The number of rotatable bonds is 6. The van der Waals surface area contributed by atoms with Gasteiger partial charge in [-0.2, -0.15) is 5.10 Å². The number of aryl methyl sites for hydroxylation is 1. The van der Waals surface area contributed by atoms with Crippen LogP contribution in [0, 0.1) is 5.92 Å². The van der Waals surface area contributed by atoms with Crippen LogP contribution in [0.3, 0.4) is 0 Å². The summed E-state index contributed by atoms with van der Waals surface area (Å²) < 4.78 is 1.98. The van der Waals surface area contributed by atoms with E-state index in [0.29, 0.717) is 17.9 Å². The number of carbonyl (C=O) groups is 1. The molecule has 0 unspecified atom stereocenters. The first-order chi connectivity index (χ1) is 11.8. The number of nitrogens with zero attached hydrogens (tertiary/aromatic N) is 4. The maximum absolute atomic E-state index is 12.9. The second-order valence-electron chi connectivity index (χ2n) is 7.38. The topological polar surface area (TPSA) is 41.4 Å². The highest BCUT2D eigenvalue weighted by molar-refractivity contribution is 5.77. The van der Waals surface area contributed by atoms with Gasteiger partial charge in [0.2, 0.25) is 5.91 Å². The fraction of sp³-hybridized carbons (Fsp3) is 0.789. The lowest BCUT2D eigenvalue weighted by atomic mass is 9.91. The van der Waals surface area contributed by atoms with Gasteiger partial charge in [0, 0.05) is 37.9 Å². The molecule has 5 heteroatoms. The van der Waals surface area contributed by atoms with Crippen molar-refractivity contribution in [2.75, 3.05) is 26.2 Å². The Hall–Kier alpha value is -1.36. The molecule has 0 saturated carbocycles. The Labute approximate surface area is 146 Å². The van der Waals surface area contributed by atoms with E-state index in [1.165, 1.54) is 19.3 Å². The van der Waals surface area contributed by atoms with E-state index in [1.807, 2.05) is 23.1 Å². The monoisotopic (exact) mass is 332 g/mol. The number of hydrogen-bond donors (Lipinski definition) is 0. The molecule has 0 N–H and O–H groups in total. The Morgan fingerprint density at radius 1 is 1.17 bits per heavy atom. The molecule has 0 spiro atoms. The molecule has 2 saturated heterocycles. The van der Waals surface area contributed by atoms with Crippen molar-refractivity contribution in [2.24, 2.45) is 5.92 Å². The van der Waals surface area contributed by atoms with Crippen LogP contribution in [0.15, 0.2) is 18.5 Å². The quantitative estimate of drug-likeness (QED) is 0.804. The smallest absolute Gasteiger partial charge is 0.223 e. The Bertz CT molecular complexity index is 493. The minimum Gasteiger partial charge on any atom is -0.340 e. The molecule has 2 aliphatic rings. The maximum Gasteiger partial charge on any atom is 0.223 e. The van der Waals surface area contributed by atoms with Gasteiger partial charge in [0.25, 0.3) is 0 Å². The maximum atomic E-state index is 12.9. The van der Waals surface area contributed by atoms with Crippen molar-refractivity contribution in [1.82, 2.24) is 19.6 Å². The summed E-state index contributed by atoms with van der Waals surface area (Å²) in [6, 6.07) is 2.37. The average Bonchev–Trinajstić information content (AvgIpc) is 3.14. The summed E-state index contributed by atoms with van der Waals surface area (Å²) in [4.78, 5) is 17.6. The van der Waals surface area contributed by atoms with E-state index in [-0.39, 0.29) is 0 Å². The Balaban J connectivity index is 1.49. The molecule has 5 nitrogen and oxygen atoms in total. The van der Waals surface area contributed by atoms with E-state index >= 15 is 0 Å². The van der Waals surface area contributed by atoms with Gasteiger partial charge in [-0.3, -0.25) is 9.48 Å². The molecule has 0 aliphatic carbocycles. The first-order valence-corrected chi connectivity index (χ1v) is 9.75. The number of hydrogen-bond acceptors (Lipinski definition) is 3. The van der Waals surface area contributed by atoms with Crippen molar-refractivity contribution in [3.05, 3.63) is 18.5 Å². The second kappa shape index (κ2) is 8.65. The molecule has 24 heavy (non-hydrogen) atoms. The Morgan fingerprint density at radius 3 is 2.71 bits per heavy atom. The van der Waals surface area contributed by atoms with E-state index in [2.05, 4.69) is 21.8 Å². The van der Waals surface area contributed by atoms with Crippen LogP contribution >= 0.6 is 0 Å². The fourth-order valence-corrected chi connectivity index (χ4v) is 4.21. The molecule has 0 bridgehead atoms. The molecule has 2 aliphatic heterocycles. The second-order valence-corrected chi connectivity index (χ2v) is 7.38. The summed E-state index contributed by atoms with van der Waals surface area (Å²) >= 11 is 0.